The second-order valence-corrected chi connectivity index (χ2v) is 7.19. The minimum Gasteiger partial charge on any atom is -0.496 e. The summed E-state index contributed by atoms with van der Waals surface area (Å²) in [4.78, 5) is 39.9. The molecule has 3 atom stereocenters. The second kappa shape index (κ2) is 6.72. The maximum Gasteiger partial charge on any atom is 0.251 e. The van der Waals surface area contributed by atoms with Crippen LogP contribution in [0, 0.1) is 0 Å². The number of rotatable bonds is 2. The van der Waals surface area contributed by atoms with E-state index in [0.717, 1.165) is 18.4 Å². The molecule has 1 aromatic carbocycles. The molecule has 142 valence electrons. The molecule has 7 nitrogen and oxygen atoms in total. The summed E-state index contributed by atoms with van der Waals surface area (Å²) in [6.45, 7) is 1.83. The number of Topliss-reactive ketones (excluding diaryl/α,β-unsaturated/α-hetero) is 1. The number of benzene rings is 1. The van der Waals surface area contributed by atoms with Crippen LogP contribution in [0.15, 0.2) is 35.5 Å². The number of amides is 2. The van der Waals surface area contributed by atoms with Gasteiger partial charge in [0.05, 0.1) is 31.3 Å². The standard InChI is InChI=1S/C20H23N3O4/c1-11(24)23-14-7-5-8-15(25)18(14)22-13-10-21-20(26)17(13)19(23)12-6-3-4-9-16(12)27-2/h3-4,6,9,14,18-19,22H,5,7-8,10H2,1-2H3,(H,21,26). The summed E-state index contributed by atoms with van der Waals surface area (Å²) < 4.78 is 5.53. The summed E-state index contributed by atoms with van der Waals surface area (Å²) in [5, 5.41) is 6.12. The van der Waals surface area contributed by atoms with E-state index in [1.807, 2.05) is 24.3 Å². The van der Waals surface area contributed by atoms with Crippen LogP contribution in [0.2, 0.25) is 0 Å². The summed E-state index contributed by atoms with van der Waals surface area (Å²) in [6, 6.07) is 6.04. The Hall–Kier alpha value is -2.83. The number of ketones is 1. The lowest BCUT2D eigenvalue weighted by Crippen LogP contribution is -2.56. The number of hydrogen-bond acceptors (Lipinski definition) is 5. The van der Waals surface area contributed by atoms with E-state index < -0.39 is 12.1 Å². The number of nitrogens with one attached hydrogen (secondary N) is 2. The predicted molar refractivity (Wildman–Crippen MR) is 97.9 cm³/mol. The number of ether oxygens (including phenoxy) is 1. The minimum atomic E-state index is -0.593. The molecule has 2 amide bonds. The molecule has 27 heavy (non-hydrogen) atoms. The molecule has 0 aromatic heterocycles. The molecular formula is C20H23N3O4. The number of carbonyl (C=O) groups excluding carboxylic acids is 3. The maximum absolute atomic E-state index is 12.8. The molecule has 1 aromatic rings. The molecule has 7 heteroatoms. The van der Waals surface area contributed by atoms with Gasteiger partial charge in [0.15, 0.2) is 5.78 Å². The van der Waals surface area contributed by atoms with E-state index >= 15 is 0 Å². The van der Waals surface area contributed by atoms with Gasteiger partial charge in [0.25, 0.3) is 5.91 Å². The number of fused-ring (bicyclic) bond motifs is 1. The SMILES string of the molecule is COc1ccccc1C1C2=C(CNC2=O)NC2C(=O)CCCC2N1C(C)=O. The van der Waals surface area contributed by atoms with Gasteiger partial charge in [-0.15, -0.1) is 0 Å². The van der Waals surface area contributed by atoms with Gasteiger partial charge in [-0.25, -0.2) is 0 Å². The number of para-hydroxylation sites is 1. The first kappa shape index (κ1) is 17.6. The Balaban J connectivity index is 1.94. The van der Waals surface area contributed by atoms with E-state index in [1.54, 1.807) is 12.0 Å². The average Bonchev–Trinajstić information content (AvgIpc) is 2.93. The van der Waals surface area contributed by atoms with Gasteiger partial charge >= 0.3 is 0 Å². The molecule has 1 fully saturated rings. The Morgan fingerprint density at radius 1 is 1.26 bits per heavy atom. The van der Waals surface area contributed by atoms with Crippen molar-refractivity contribution in [1.82, 2.24) is 15.5 Å². The number of hydrogen-bond donors (Lipinski definition) is 2. The summed E-state index contributed by atoms with van der Waals surface area (Å²) in [7, 11) is 1.57. The highest BCUT2D eigenvalue weighted by Gasteiger charge is 2.48. The van der Waals surface area contributed by atoms with Gasteiger partial charge in [0, 0.05) is 24.6 Å². The molecule has 0 saturated heterocycles. The summed E-state index contributed by atoms with van der Waals surface area (Å²) >= 11 is 0. The van der Waals surface area contributed by atoms with E-state index in [1.165, 1.54) is 6.92 Å². The first-order chi connectivity index (χ1) is 13.0. The van der Waals surface area contributed by atoms with Crippen LogP contribution in [-0.4, -0.2) is 48.2 Å². The quantitative estimate of drug-likeness (QED) is 0.814. The van der Waals surface area contributed by atoms with Crippen LogP contribution >= 0.6 is 0 Å². The molecule has 2 aliphatic heterocycles. The fraction of sp³-hybridized carbons (Fsp3) is 0.450. The molecule has 1 saturated carbocycles. The van der Waals surface area contributed by atoms with E-state index in [9.17, 15) is 14.4 Å². The van der Waals surface area contributed by atoms with Crippen molar-refractivity contribution in [3.63, 3.8) is 0 Å². The minimum absolute atomic E-state index is 0.0874. The molecule has 2 heterocycles. The molecule has 0 radical (unpaired) electrons. The van der Waals surface area contributed by atoms with Crippen molar-refractivity contribution in [3.8, 4) is 5.75 Å². The van der Waals surface area contributed by atoms with Crippen LogP contribution in [0.4, 0.5) is 0 Å². The van der Waals surface area contributed by atoms with Crippen LogP contribution in [0.1, 0.15) is 37.8 Å². The van der Waals surface area contributed by atoms with Gasteiger partial charge in [-0.05, 0) is 18.9 Å². The predicted octanol–water partition coefficient (Wildman–Crippen LogP) is 1.06. The first-order valence-electron chi connectivity index (χ1n) is 9.25. The van der Waals surface area contributed by atoms with Gasteiger partial charge in [-0.1, -0.05) is 18.2 Å². The van der Waals surface area contributed by atoms with Gasteiger partial charge in [0.1, 0.15) is 11.8 Å². The van der Waals surface area contributed by atoms with Gasteiger partial charge < -0.3 is 20.3 Å². The summed E-state index contributed by atoms with van der Waals surface area (Å²) in [6.07, 6.45) is 1.95. The third-order valence-electron chi connectivity index (χ3n) is 5.69. The van der Waals surface area contributed by atoms with Crippen molar-refractivity contribution < 1.29 is 19.1 Å². The van der Waals surface area contributed by atoms with Gasteiger partial charge in [-0.3, -0.25) is 14.4 Å². The molecule has 2 N–H and O–H groups in total. The van der Waals surface area contributed by atoms with Crippen molar-refractivity contribution in [2.75, 3.05) is 13.7 Å². The number of carbonyl (C=O) groups is 3. The largest absolute Gasteiger partial charge is 0.496 e. The molecule has 0 bridgehead atoms. The normalized spacial score (nSPS) is 27.3. The lowest BCUT2D eigenvalue weighted by molar-refractivity contribution is -0.137. The zero-order valence-electron chi connectivity index (χ0n) is 15.5. The van der Waals surface area contributed by atoms with Crippen molar-refractivity contribution in [1.29, 1.82) is 0 Å². The van der Waals surface area contributed by atoms with Crippen molar-refractivity contribution in [3.05, 3.63) is 41.1 Å². The zero-order chi connectivity index (χ0) is 19.1. The Bertz CT molecular complexity index is 847. The molecule has 0 spiro atoms. The van der Waals surface area contributed by atoms with Crippen LogP contribution in [-0.2, 0) is 14.4 Å². The summed E-state index contributed by atoms with van der Waals surface area (Å²) in [5.41, 5.74) is 1.95. The fourth-order valence-electron chi connectivity index (χ4n) is 4.54. The van der Waals surface area contributed by atoms with E-state index in [4.69, 9.17) is 4.74 Å². The van der Waals surface area contributed by atoms with E-state index in [0.29, 0.717) is 30.0 Å². The second-order valence-electron chi connectivity index (χ2n) is 7.19. The van der Waals surface area contributed by atoms with Crippen molar-refractivity contribution in [2.45, 2.75) is 44.3 Å². The fourth-order valence-corrected chi connectivity index (χ4v) is 4.54. The highest BCUT2D eigenvalue weighted by molar-refractivity contribution is 6.00. The summed E-state index contributed by atoms with van der Waals surface area (Å²) in [5.74, 6) is 0.321. The van der Waals surface area contributed by atoms with Crippen LogP contribution in [0.25, 0.3) is 0 Å². The maximum atomic E-state index is 12.8. The zero-order valence-corrected chi connectivity index (χ0v) is 15.5. The molecule has 3 unspecified atom stereocenters. The van der Waals surface area contributed by atoms with Gasteiger partial charge in [0.2, 0.25) is 5.91 Å². The lowest BCUT2D eigenvalue weighted by Gasteiger charge is -2.41. The van der Waals surface area contributed by atoms with Crippen LogP contribution in [0.5, 0.6) is 5.75 Å². The van der Waals surface area contributed by atoms with Crippen molar-refractivity contribution >= 4 is 17.6 Å². The van der Waals surface area contributed by atoms with Crippen LogP contribution in [0.3, 0.4) is 0 Å². The molecule has 4 rings (SSSR count). The Labute approximate surface area is 157 Å². The molecule has 3 aliphatic rings. The third-order valence-corrected chi connectivity index (χ3v) is 5.69. The Morgan fingerprint density at radius 2 is 2.04 bits per heavy atom. The third kappa shape index (κ3) is 2.78. The van der Waals surface area contributed by atoms with Gasteiger partial charge in [-0.2, -0.15) is 0 Å². The van der Waals surface area contributed by atoms with E-state index in [-0.39, 0.29) is 23.6 Å². The average molecular weight is 369 g/mol. The molecular weight excluding hydrogens is 346 g/mol. The topological polar surface area (TPSA) is 87.7 Å². The number of nitrogens with zero attached hydrogens (tertiary/aromatic N) is 1. The number of methoxy groups -OCH3 is 1. The van der Waals surface area contributed by atoms with Crippen LogP contribution < -0.4 is 15.4 Å². The monoisotopic (exact) mass is 369 g/mol. The Kier molecular flexibility index (Phi) is 4.37. The smallest absolute Gasteiger partial charge is 0.251 e. The molecule has 1 aliphatic carbocycles. The highest BCUT2D eigenvalue weighted by Crippen LogP contribution is 2.42. The van der Waals surface area contributed by atoms with E-state index in [2.05, 4.69) is 10.6 Å². The highest BCUT2D eigenvalue weighted by atomic mass is 16.5. The lowest BCUT2D eigenvalue weighted by atomic mass is 9.86. The first-order valence-corrected chi connectivity index (χ1v) is 9.25. The van der Waals surface area contributed by atoms with Crippen molar-refractivity contribution in [2.24, 2.45) is 0 Å². The Morgan fingerprint density at radius 3 is 2.78 bits per heavy atom.